The molecule has 1 aliphatic rings. The lowest BCUT2D eigenvalue weighted by molar-refractivity contribution is -0.121. The van der Waals surface area contributed by atoms with Crippen LogP contribution in [0.4, 0.5) is 0 Å². The van der Waals surface area contributed by atoms with E-state index in [9.17, 15) is 4.79 Å². The number of aryl methyl sites for hydroxylation is 1. The molecule has 1 aromatic heterocycles. The van der Waals surface area contributed by atoms with Crippen LogP contribution in [0.1, 0.15) is 29.8 Å². The summed E-state index contributed by atoms with van der Waals surface area (Å²) in [6.07, 6.45) is 1.76. The van der Waals surface area contributed by atoms with E-state index in [0.717, 1.165) is 31.7 Å². The number of aromatic nitrogens is 2. The molecule has 1 aliphatic heterocycles. The summed E-state index contributed by atoms with van der Waals surface area (Å²) in [6.45, 7) is 9.59. The van der Waals surface area contributed by atoms with Crippen LogP contribution < -0.4 is 10.6 Å². The van der Waals surface area contributed by atoms with E-state index in [2.05, 4.69) is 29.6 Å². The van der Waals surface area contributed by atoms with Crippen molar-refractivity contribution >= 4 is 5.91 Å². The molecule has 5 heteroatoms. The minimum absolute atomic E-state index is 0.159. The average molecular weight is 264 g/mol. The summed E-state index contributed by atoms with van der Waals surface area (Å²) in [6, 6.07) is 0. The van der Waals surface area contributed by atoms with Gasteiger partial charge in [-0.3, -0.25) is 9.48 Å². The Morgan fingerprint density at radius 3 is 2.84 bits per heavy atom. The maximum atomic E-state index is 11.8. The zero-order valence-electron chi connectivity index (χ0n) is 12.1. The van der Waals surface area contributed by atoms with Crippen LogP contribution >= 0.6 is 0 Å². The highest BCUT2D eigenvalue weighted by Gasteiger charge is 2.17. The molecular formula is C14H24N4O. The van der Waals surface area contributed by atoms with Crippen molar-refractivity contribution in [3.8, 4) is 0 Å². The maximum absolute atomic E-state index is 11.8. The number of carbonyl (C=O) groups excluding carboxylic acids is 1. The van der Waals surface area contributed by atoms with E-state index in [-0.39, 0.29) is 5.91 Å². The highest BCUT2D eigenvalue weighted by Crippen LogP contribution is 2.12. The van der Waals surface area contributed by atoms with Crippen molar-refractivity contribution in [1.29, 1.82) is 0 Å². The van der Waals surface area contributed by atoms with Gasteiger partial charge in [-0.25, -0.2) is 0 Å². The van der Waals surface area contributed by atoms with Gasteiger partial charge in [0.15, 0.2) is 0 Å². The fourth-order valence-electron chi connectivity index (χ4n) is 2.53. The Bertz CT molecular complexity index is 447. The van der Waals surface area contributed by atoms with E-state index in [1.54, 1.807) is 0 Å². The van der Waals surface area contributed by atoms with Gasteiger partial charge in [0.2, 0.25) is 5.91 Å². The van der Waals surface area contributed by atoms with E-state index >= 15 is 0 Å². The first-order valence-electron chi connectivity index (χ1n) is 7.06. The summed E-state index contributed by atoms with van der Waals surface area (Å²) in [4.78, 5) is 11.8. The van der Waals surface area contributed by atoms with Crippen LogP contribution in [0, 0.1) is 26.7 Å². The predicted octanol–water partition coefficient (Wildman–Crippen LogP) is 0.924. The fourth-order valence-corrected chi connectivity index (χ4v) is 2.53. The van der Waals surface area contributed by atoms with Crippen LogP contribution in [-0.2, 0) is 11.3 Å². The third-order valence-corrected chi connectivity index (χ3v) is 4.03. The molecule has 106 valence electrons. The molecule has 0 unspecified atom stereocenters. The Labute approximate surface area is 114 Å². The Kier molecular flexibility index (Phi) is 4.58. The molecule has 2 rings (SSSR count). The van der Waals surface area contributed by atoms with Crippen LogP contribution in [-0.4, -0.2) is 35.3 Å². The number of carbonyl (C=O) groups is 1. The van der Waals surface area contributed by atoms with Crippen molar-refractivity contribution in [2.24, 2.45) is 5.92 Å². The van der Waals surface area contributed by atoms with Gasteiger partial charge >= 0.3 is 0 Å². The molecule has 2 heterocycles. The molecule has 0 bridgehead atoms. The number of nitrogens with one attached hydrogen (secondary N) is 2. The highest BCUT2D eigenvalue weighted by atomic mass is 16.1. The molecule has 1 saturated heterocycles. The second kappa shape index (κ2) is 6.19. The average Bonchev–Trinajstić information content (AvgIpc) is 2.95. The molecule has 19 heavy (non-hydrogen) atoms. The summed E-state index contributed by atoms with van der Waals surface area (Å²) < 4.78 is 1.97. The molecule has 1 aromatic rings. The molecule has 1 amide bonds. The van der Waals surface area contributed by atoms with Gasteiger partial charge in [0.1, 0.15) is 0 Å². The smallest absolute Gasteiger partial charge is 0.220 e. The van der Waals surface area contributed by atoms with E-state index in [4.69, 9.17) is 0 Å². The summed E-state index contributed by atoms with van der Waals surface area (Å²) in [5.74, 6) is 0.669. The normalized spacial score (nSPS) is 18.8. The first-order valence-corrected chi connectivity index (χ1v) is 7.06. The van der Waals surface area contributed by atoms with Crippen molar-refractivity contribution < 1.29 is 4.79 Å². The molecule has 0 aliphatic carbocycles. The largest absolute Gasteiger partial charge is 0.354 e. The fraction of sp³-hybridized carbons (Fsp3) is 0.714. The van der Waals surface area contributed by atoms with Crippen molar-refractivity contribution in [3.05, 3.63) is 17.0 Å². The monoisotopic (exact) mass is 264 g/mol. The first kappa shape index (κ1) is 14.1. The SMILES string of the molecule is Cc1nn(CCNC(=O)C[C@H]2CCNC2)c(C)c1C. The summed E-state index contributed by atoms with van der Waals surface area (Å²) in [7, 11) is 0. The quantitative estimate of drug-likeness (QED) is 0.831. The van der Waals surface area contributed by atoms with Gasteiger partial charge in [0.25, 0.3) is 0 Å². The van der Waals surface area contributed by atoms with Gasteiger partial charge in [0, 0.05) is 18.7 Å². The maximum Gasteiger partial charge on any atom is 0.220 e. The van der Waals surface area contributed by atoms with Crippen LogP contribution in [0.15, 0.2) is 0 Å². The Hall–Kier alpha value is -1.36. The van der Waals surface area contributed by atoms with Gasteiger partial charge in [-0.2, -0.15) is 5.10 Å². The van der Waals surface area contributed by atoms with Crippen molar-refractivity contribution in [3.63, 3.8) is 0 Å². The molecule has 1 atom stereocenters. The molecule has 2 N–H and O–H groups in total. The topological polar surface area (TPSA) is 59.0 Å². The van der Waals surface area contributed by atoms with E-state index < -0.39 is 0 Å². The molecule has 0 aromatic carbocycles. The third kappa shape index (κ3) is 3.56. The molecule has 1 fully saturated rings. The number of nitrogens with zero attached hydrogens (tertiary/aromatic N) is 2. The molecular weight excluding hydrogens is 240 g/mol. The van der Waals surface area contributed by atoms with Gasteiger partial charge in [-0.15, -0.1) is 0 Å². The standard InChI is InChI=1S/C14H24N4O/c1-10-11(2)17-18(12(10)3)7-6-16-14(19)8-13-4-5-15-9-13/h13,15H,4-9H2,1-3H3,(H,16,19)/t13-/m1/s1. The van der Waals surface area contributed by atoms with Gasteiger partial charge in [-0.1, -0.05) is 0 Å². The number of rotatable bonds is 5. The Morgan fingerprint density at radius 2 is 2.26 bits per heavy atom. The van der Waals surface area contributed by atoms with Crippen molar-refractivity contribution in [1.82, 2.24) is 20.4 Å². The minimum Gasteiger partial charge on any atom is -0.354 e. The lowest BCUT2D eigenvalue weighted by Crippen LogP contribution is -2.29. The van der Waals surface area contributed by atoms with Crippen LogP contribution in [0.5, 0.6) is 0 Å². The molecule has 0 saturated carbocycles. The summed E-state index contributed by atoms with van der Waals surface area (Å²) in [5, 5.41) is 10.7. The second-order valence-electron chi connectivity index (χ2n) is 5.43. The van der Waals surface area contributed by atoms with Crippen molar-refractivity contribution in [2.75, 3.05) is 19.6 Å². The lowest BCUT2D eigenvalue weighted by Gasteiger charge is -2.10. The number of amides is 1. The van der Waals surface area contributed by atoms with Crippen molar-refractivity contribution in [2.45, 2.75) is 40.2 Å². The number of hydrogen-bond acceptors (Lipinski definition) is 3. The van der Waals surface area contributed by atoms with Gasteiger partial charge < -0.3 is 10.6 Å². The zero-order valence-corrected chi connectivity index (χ0v) is 12.1. The van der Waals surface area contributed by atoms with E-state index in [1.165, 1.54) is 11.3 Å². The number of hydrogen-bond donors (Lipinski definition) is 2. The summed E-state index contributed by atoms with van der Waals surface area (Å²) >= 11 is 0. The summed E-state index contributed by atoms with van der Waals surface area (Å²) in [5.41, 5.74) is 3.50. The first-order chi connectivity index (χ1) is 9.08. The lowest BCUT2D eigenvalue weighted by atomic mass is 10.0. The highest BCUT2D eigenvalue weighted by molar-refractivity contribution is 5.76. The van der Waals surface area contributed by atoms with Crippen LogP contribution in [0.2, 0.25) is 0 Å². The Morgan fingerprint density at radius 1 is 1.47 bits per heavy atom. The molecule has 5 nitrogen and oxygen atoms in total. The van der Waals surface area contributed by atoms with Crippen LogP contribution in [0.25, 0.3) is 0 Å². The van der Waals surface area contributed by atoms with Gasteiger partial charge in [-0.05, 0) is 51.8 Å². The third-order valence-electron chi connectivity index (χ3n) is 4.03. The minimum atomic E-state index is 0.159. The predicted molar refractivity (Wildman–Crippen MR) is 75.0 cm³/mol. The van der Waals surface area contributed by atoms with Crippen LogP contribution in [0.3, 0.4) is 0 Å². The molecule has 0 spiro atoms. The molecule has 0 radical (unpaired) electrons. The second-order valence-corrected chi connectivity index (χ2v) is 5.43. The zero-order chi connectivity index (χ0) is 13.8. The van der Waals surface area contributed by atoms with E-state index in [1.807, 2.05) is 11.6 Å². The van der Waals surface area contributed by atoms with E-state index in [0.29, 0.717) is 18.9 Å². The Balaban J connectivity index is 1.73. The van der Waals surface area contributed by atoms with Gasteiger partial charge in [0.05, 0.1) is 12.2 Å².